The summed E-state index contributed by atoms with van der Waals surface area (Å²) in [5.41, 5.74) is 6.94. The van der Waals surface area contributed by atoms with Crippen LogP contribution in [0.4, 0.5) is 5.69 Å². The van der Waals surface area contributed by atoms with E-state index in [1.807, 2.05) is 47.8 Å². The summed E-state index contributed by atoms with van der Waals surface area (Å²) in [4.78, 5) is 4.56. The second-order valence-corrected chi connectivity index (χ2v) is 6.66. The highest BCUT2D eigenvalue weighted by molar-refractivity contribution is 7.12. The predicted octanol–water partition coefficient (Wildman–Crippen LogP) is 4.44. The number of aryl methyl sites for hydroxylation is 1. The third kappa shape index (κ3) is 3.48. The van der Waals surface area contributed by atoms with Crippen molar-refractivity contribution >= 4 is 22.7 Å². The van der Waals surface area contributed by atoms with Crippen molar-refractivity contribution in [3.63, 3.8) is 0 Å². The molecule has 0 aliphatic carbocycles. The standard InChI is InChI=1S/C20H16N4O2S/c1-2-13-5-3-4-6-15(13)23-24-16(10-21)20-22-17(11-27-20)14-7-8-18-19(9-14)26-12-25-18/h3-9,11,23H,2,12H2,1H3/b24-16+. The van der Waals surface area contributed by atoms with Crippen molar-refractivity contribution in [3.8, 4) is 28.8 Å². The number of nitrogens with zero attached hydrogens (tertiary/aromatic N) is 3. The summed E-state index contributed by atoms with van der Waals surface area (Å²) in [7, 11) is 0. The highest BCUT2D eigenvalue weighted by Gasteiger charge is 2.16. The van der Waals surface area contributed by atoms with E-state index in [-0.39, 0.29) is 12.5 Å². The molecule has 1 aromatic heterocycles. The first-order valence-corrected chi connectivity index (χ1v) is 9.34. The number of anilines is 1. The second kappa shape index (κ2) is 7.48. The molecule has 0 fully saturated rings. The van der Waals surface area contributed by atoms with E-state index >= 15 is 0 Å². The Labute approximate surface area is 160 Å². The molecular weight excluding hydrogens is 360 g/mol. The largest absolute Gasteiger partial charge is 0.454 e. The second-order valence-electron chi connectivity index (χ2n) is 5.80. The molecule has 134 valence electrons. The van der Waals surface area contributed by atoms with Crippen LogP contribution in [0.25, 0.3) is 11.3 Å². The van der Waals surface area contributed by atoms with Gasteiger partial charge in [-0.25, -0.2) is 4.98 Å². The minimum absolute atomic E-state index is 0.233. The molecule has 7 heteroatoms. The van der Waals surface area contributed by atoms with Crippen molar-refractivity contribution in [2.45, 2.75) is 13.3 Å². The van der Waals surface area contributed by atoms with Crippen LogP contribution >= 0.6 is 11.3 Å². The molecule has 1 N–H and O–H groups in total. The molecule has 2 heterocycles. The van der Waals surface area contributed by atoms with Gasteiger partial charge in [0.1, 0.15) is 6.07 Å². The van der Waals surface area contributed by atoms with Gasteiger partial charge in [-0.1, -0.05) is 25.1 Å². The molecule has 4 rings (SSSR count). The number of para-hydroxylation sites is 1. The van der Waals surface area contributed by atoms with E-state index < -0.39 is 0 Å². The van der Waals surface area contributed by atoms with Gasteiger partial charge in [0, 0.05) is 10.9 Å². The van der Waals surface area contributed by atoms with Crippen LogP contribution in [0.5, 0.6) is 11.5 Å². The van der Waals surface area contributed by atoms with Gasteiger partial charge in [0.2, 0.25) is 6.79 Å². The molecule has 0 unspecified atom stereocenters. The molecule has 1 aliphatic rings. The lowest BCUT2D eigenvalue weighted by atomic mass is 10.1. The fourth-order valence-electron chi connectivity index (χ4n) is 2.75. The average Bonchev–Trinajstić information content (AvgIpc) is 3.38. The molecule has 0 saturated carbocycles. The highest BCUT2D eigenvalue weighted by atomic mass is 32.1. The summed E-state index contributed by atoms with van der Waals surface area (Å²) in [6.07, 6.45) is 0.881. The first-order chi connectivity index (χ1) is 13.3. The topological polar surface area (TPSA) is 79.5 Å². The monoisotopic (exact) mass is 376 g/mol. The zero-order valence-electron chi connectivity index (χ0n) is 14.6. The van der Waals surface area contributed by atoms with Gasteiger partial charge in [0.15, 0.2) is 22.2 Å². The molecule has 2 aromatic carbocycles. The number of fused-ring (bicyclic) bond motifs is 1. The quantitative estimate of drug-likeness (QED) is 0.526. The normalized spacial score (nSPS) is 12.7. The minimum Gasteiger partial charge on any atom is -0.454 e. The summed E-state index contributed by atoms with van der Waals surface area (Å²) >= 11 is 1.38. The number of aromatic nitrogens is 1. The fourth-order valence-corrected chi connectivity index (χ4v) is 3.51. The predicted molar refractivity (Wildman–Crippen MR) is 105 cm³/mol. The van der Waals surface area contributed by atoms with Crippen molar-refractivity contribution in [3.05, 3.63) is 58.4 Å². The lowest BCUT2D eigenvalue weighted by Crippen LogP contribution is -2.02. The van der Waals surface area contributed by atoms with E-state index in [4.69, 9.17) is 9.47 Å². The highest BCUT2D eigenvalue weighted by Crippen LogP contribution is 2.36. The zero-order chi connectivity index (χ0) is 18.6. The van der Waals surface area contributed by atoms with Gasteiger partial charge in [-0.15, -0.1) is 11.3 Å². The molecule has 0 atom stereocenters. The van der Waals surface area contributed by atoms with Crippen molar-refractivity contribution < 1.29 is 9.47 Å². The summed E-state index contributed by atoms with van der Waals surface area (Å²) in [6.45, 7) is 2.31. The van der Waals surface area contributed by atoms with Crippen molar-refractivity contribution in [1.29, 1.82) is 5.26 Å². The summed E-state index contributed by atoms with van der Waals surface area (Å²) in [5.74, 6) is 1.43. The molecule has 27 heavy (non-hydrogen) atoms. The van der Waals surface area contributed by atoms with Gasteiger partial charge in [-0.05, 0) is 36.2 Å². The number of ether oxygens (including phenoxy) is 2. The number of nitriles is 1. The van der Waals surface area contributed by atoms with Crippen LogP contribution in [0, 0.1) is 11.3 Å². The van der Waals surface area contributed by atoms with E-state index in [2.05, 4.69) is 28.5 Å². The Kier molecular flexibility index (Phi) is 4.73. The number of hydrogen-bond donors (Lipinski definition) is 1. The molecule has 1 aliphatic heterocycles. The Morgan fingerprint density at radius 1 is 1.26 bits per heavy atom. The maximum absolute atomic E-state index is 9.50. The Bertz CT molecular complexity index is 1050. The molecule has 0 bridgehead atoms. The summed E-state index contributed by atoms with van der Waals surface area (Å²) in [6, 6.07) is 15.7. The third-order valence-electron chi connectivity index (χ3n) is 4.17. The minimum atomic E-state index is 0.233. The number of hydrogen-bond acceptors (Lipinski definition) is 7. The molecule has 0 amide bonds. The Morgan fingerprint density at radius 3 is 2.96 bits per heavy atom. The van der Waals surface area contributed by atoms with Gasteiger partial charge in [-0.2, -0.15) is 10.4 Å². The maximum Gasteiger partial charge on any atom is 0.231 e. The number of benzene rings is 2. The van der Waals surface area contributed by atoms with Crippen LogP contribution < -0.4 is 14.9 Å². The molecule has 0 saturated heterocycles. The van der Waals surface area contributed by atoms with Crippen molar-refractivity contribution in [1.82, 2.24) is 4.98 Å². The van der Waals surface area contributed by atoms with Crippen LogP contribution in [0.3, 0.4) is 0 Å². The molecule has 0 radical (unpaired) electrons. The van der Waals surface area contributed by atoms with E-state index in [1.54, 1.807) is 0 Å². The van der Waals surface area contributed by atoms with E-state index in [1.165, 1.54) is 11.3 Å². The zero-order valence-corrected chi connectivity index (χ0v) is 15.4. The van der Waals surface area contributed by atoms with Crippen molar-refractivity contribution in [2.24, 2.45) is 5.10 Å². The van der Waals surface area contributed by atoms with Gasteiger partial charge in [0.05, 0.1) is 11.4 Å². The molecular formula is C20H16N4O2S. The SMILES string of the molecule is CCc1ccccc1N/N=C(\C#N)c1nc(-c2ccc3c(c2)OCO3)cs1. The smallest absolute Gasteiger partial charge is 0.231 e. The van der Waals surface area contributed by atoms with Gasteiger partial charge >= 0.3 is 0 Å². The lowest BCUT2D eigenvalue weighted by molar-refractivity contribution is 0.174. The molecule has 3 aromatic rings. The number of nitrogens with one attached hydrogen (secondary N) is 1. The number of thiazole rings is 1. The molecule has 6 nitrogen and oxygen atoms in total. The average molecular weight is 376 g/mol. The van der Waals surface area contributed by atoms with Gasteiger partial charge in [-0.3, -0.25) is 5.43 Å². The van der Waals surface area contributed by atoms with E-state index in [0.717, 1.165) is 34.7 Å². The van der Waals surface area contributed by atoms with Crippen molar-refractivity contribution in [2.75, 3.05) is 12.2 Å². The van der Waals surface area contributed by atoms with Crippen LogP contribution in [0.2, 0.25) is 0 Å². The third-order valence-corrected chi connectivity index (χ3v) is 5.02. The van der Waals surface area contributed by atoms with Crippen LogP contribution in [0.15, 0.2) is 52.9 Å². The Balaban J connectivity index is 1.58. The summed E-state index contributed by atoms with van der Waals surface area (Å²) in [5, 5.41) is 16.2. The van der Waals surface area contributed by atoms with E-state index in [9.17, 15) is 5.26 Å². The fraction of sp³-hybridized carbons (Fsp3) is 0.150. The lowest BCUT2D eigenvalue weighted by Gasteiger charge is -2.06. The Hall–Kier alpha value is -3.37. The van der Waals surface area contributed by atoms with E-state index in [0.29, 0.717) is 10.8 Å². The van der Waals surface area contributed by atoms with Crippen LogP contribution in [0.1, 0.15) is 17.5 Å². The molecule has 0 spiro atoms. The first kappa shape index (κ1) is 17.1. The maximum atomic E-state index is 9.50. The van der Waals surface area contributed by atoms with Crippen LogP contribution in [-0.2, 0) is 6.42 Å². The van der Waals surface area contributed by atoms with Crippen LogP contribution in [-0.4, -0.2) is 17.5 Å². The van der Waals surface area contributed by atoms with Gasteiger partial charge < -0.3 is 9.47 Å². The Morgan fingerprint density at radius 2 is 2.11 bits per heavy atom. The number of hydrazone groups is 1. The first-order valence-electron chi connectivity index (χ1n) is 8.46. The van der Waals surface area contributed by atoms with Gasteiger partial charge in [0.25, 0.3) is 0 Å². The number of rotatable bonds is 5. The summed E-state index contributed by atoms with van der Waals surface area (Å²) < 4.78 is 10.7.